The zero-order chi connectivity index (χ0) is 19.8. The first-order chi connectivity index (χ1) is 13.0. The van der Waals surface area contributed by atoms with Crippen LogP contribution in [-0.2, 0) is 9.59 Å². The van der Waals surface area contributed by atoms with Crippen LogP contribution in [0.1, 0.15) is 6.42 Å². The molecule has 0 aromatic heterocycles. The maximum absolute atomic E-state index is 12.2. The smallest absolute Gasteiger partial charge is 0.233 e. The van der Waals surface area contributed by atoms with Crippen molar-refractivity contribution in [3.05, 3.63) is 36.4 Å². The van der Waals surface area contributed by atoms with Crippen molar-refractivity contribution in [2.75, 3.05) is 39.1 Å². The van der Waals surface area contributed by atoms with E-state index in [1.807, 2.05) is 0 Å². The number of rotatable bonds is 8. The van der Waals surface area contributed by atoms with Gasteiger partial charge in [0.15, 0.2) is 0 Å². The highest BCUT2D eigenvalue weighted by molar-refractivity contribution is 6.08. The quantitative estimate of drug-likeness (QED) is 0.690. The fourth-order valence-electron chi connectivity index (χ4n) is 2.36. The summed E-state index contributed by atoms with van der Waals surface area (Å²) in [6, 6.07) is 9.96. The molecule has 0 heterocycles. The van der Waals surface area contributed by atoms with Crippen molar-refractivity contribution in [3.63, 3.8) is 0 Å². The predicted octanol–water partition coefficient (Wildman–Crippen LogP) is 2.69. The SMILES string of the molecule is COc1ccc(OC)c(NC(=O)CC(=O)Nc2cc(OC)ccc2OC)c1. The lowest BCUT2D eigenvalue weighted by atomic mass is 10.2. The minimum atomic E-state index is -0.499. The number of benzene rings is 2. The standard InChI is InChI=1S/C19H22N2O6/c1-24-12-5-7-16(26-3)14(9-12)20-18(22)11-19(23)21-15-10-13(25-2)6-8-17(15)27-4/h5-10H,11H2,1-4H3,(H,20,22)(H,21,23). The van der Waals surface area contributed by atoms with E-state index in [0.717, 1.165) is 0 Å². The van der Waals surface area contributed by atoms with E-state index in [-0.39, 0.29) is 6.42 Å². The third-order valence-corrected chi connectivity index (χ3v) is 3.68. The molecule has 0 atom stereocenters. The number of methoxy groups -OCH3 is 4. The van der Waals surface area contributed by atoms with Crippen LogP contribution in [-0.4, -0.2) is 40.3 Å². The summed E-state index contributed by atoms with van der Waals surface area (Å²) in [5.41, 5.74) is 0.822. The monoisotopic (exact) mass is 374 g/mol. The number of anilines is 2. The third kappa shape index (κ3) is 5.27. The Morgan fingerprint density at radius 3 is 1.44 bits per heavy atom. The second-order valence-corrected chi connectivity index (χ2v) is 5.41. The average molecular weight is 374 g/mol. The Labute approximate surface area is 157 Å². The van der Waals surface area contributed by atoms with Gasteiger partial charge in [-0.3, -0.25) is 9.59 Å². The van der Waals surface area contributed by atoms with Gasteiger partial charge in [-0.15, -0.1) is 0 Å². The van der Waals surface area contributed by atoms with Crippen LogP contribution in [0.4, 0.5) is 11.4 Å². The van der Waals surface area contributed by atoms with E-state index in [1.165, 1.54) is 28.4 Å². The van der Waals surface area contributed by atoms with E-state index in [9.17, 15) is 9.59 Å². The second kappa shape index (κ2) is 9.33. The van der Waals surface area contributed by atoms with Crippen molar-refractivity contribution < 1.29 is 28.5 Å². The minimum absolute atomic E-state index is 0.388. The summed E-state index contributed by atoms with van der Waals surface area (Å²) in [5, 5.41) is 5.29. The Morgan fingerprint density at radius 1 is 0.704 bits per heavy atom. The first-order valence-electron chi connectivity index (χ1n) is 8.04. The van der Waals surface area contributed by atoms with Crippen molar-refractivity contribution in [2.45, 2.75) is 6.42 Å². The molecule has 0 spiro atoms. The molecule has 27 heavy (non-hydrogen) atoms. The van der Waals surface area contributed by atoms with E-state index in [2.05, 4.69) is 10.6 Å². The zero-order valence-electron chi connectivity index (χ0n) is 15.6. The van der Waals surface area contributed by atoms with Gasteiger partial charge >= 0.3 is 0 Å². The third-order valence-electron chi connectivity index (χ3n) is 3.68. The lowest BCUT2D eigenvalue weighted by molar-refractivity contribution is -0.123. The van der Waals surface area contributed by atoms with E-state index in [0.29, 0.717) is 34.4 Å². The minimum Gasteiger partial charge on any atom is -0.497 e. The lowest BCUT2D eigenvalue weighted by Crippen LogP contribution is -2.22. The Hall–Kier alpha value is -3.42. The zero-order valence-corrected chi connectivity index (χ0v) is 15.6. The molecule has 2 aromatic carbocycles. The summed E-state index contributed by atoms with van der Waals surface area (Å²) >= 11 is 0. The van der Waals surface area contributed by atoms with E-state index in [1.54, 1.807) is 36.4 Å². The Kier molecular flexibility index (Phi) is 6.87. The molecular weight excluding hydrogens is 352 g/mol. The van der Waals surface area contributed by atoms with E-state index in [4.69, 9.17) is 18.9 Å². The molecule has 2 aromatic rings. The number of nitrogens with one attached hydrogen (secondary N) is 2. The number of ether oxygens (including phenoxy) is 4. The van der Waals surface area contributed by atoms with Crippen molar-refractivity contribution in [3.8, 4) is 23.0 Å². The first-order valence-corrected chi connectivity index (χ1v) is 8.04. The number of amides is 2. The Balaban J connectivity index is 2.05. The Bertz CT molecular complexity index is 754. The van der Waals surface area contributed by atoms with Crippen LogP contribution in [0.2, 0.25) is 0 Å². The molecule has 8 heteroatoms. The van der Waals surface area contributed by atoms with Gasteiger partial charge in [0.2, 0.25) is 11.8 Å². The molecule has 144 valence electrons. The number of hydrogen-bond donors (Lipinski definition) is 2. The van der Waals surface area contributed by atoms with Gasteiger partial charge in [-0.05, 0) is 24.3 Å². The molecule has 2 amide bonds. The molecule has 0 fully saturated rings. The number of hydrogen-bond acceptors (Lipinski definition) is 6. The molecule has 0 aliphatic rings. The maximum Gasteiger partial charge on any atom is 0.233 e. The summed E-state index contributed by atoms with van der Waals surface area (Å²) in [6.45, 7) is 0. The molecule has 0 unspecified atom stereocenters. The molecule has 8 nitrogen and oxygen atoms in total. The van der Waals surface area contributed by atoms with Gasteiger partial charge in [0, 0.05) is 12.1 Å². The van der Waals surface area contributed by atoms with Gasteiger partial charge in [-0.2, -0.15) is 0 Å². The highest BCUT2D eigenvalue weighted by atomic mass is 16.5. The number of carbonyl (C=O) groups is 2. The fourth-order valence-corrected chi connectivity index (χ4v) is 2.36. The number of carbonyl (C=O) groups excluding carboxylic acids is 2. The molecule has 0 bridgehead atoms. The van der Waals surface area contributed by atoms with Crippen molar-refractivity contribution in [1.82, 2.24) is 0 Å². The molecule has 2 N–H and O–H groups in total. The molecule has 2 rings (SSSR count). The summed E-state index contributed by atoms with van der Waals surface area (Å²) in [7, 11) is 6.00. The summed E-state index contributed by atoms with van der Waals surface area (Å²) in [6.07, 6.45) is -0.388. The maximum atomic E-state index is 12.2. The van der Waals surface area contributed by atoms with Gasteiger partial charge < -0.3 is 29.6 Å². The van der Waals surface area contributed by atoms with Crippen LogP contribution in [0, 0.1) is 0 Å². The van der Waals surface area contributed by atoms with Gasteiger partial charge in [0.05, 0.1) is 39.8 Å². The molecule has 0 saturated heterocycles. The van der Waals surface area contributed by atoms with Crippen LogP contribution in [0.5, 0.6) is 23.0 Å². The lowest BCUT2D eigenvalue weighted by Gasteiger charge is -2.13. The fraction of sp³-hybridized carbons (Fsp3) is 0.263. The van der Waals surface area contributed by atoms with Crippen molar-refractivity contribution in [1.29, 1.82) is 0 Å². The molecule has 0 radical (unpaired) electrons. The van der Waals surface area contributed by atoms with Crippen LogP contribution < -0.4 is 29.6 Å². The van der Waals surface area contributed by atoms with Gasteiger partial charge in [0.1, 0.15) is 29.4 Å². The first kappa shape index (κ1) is 19.9. The second-order valence-electron chi connectivity index (χ2n) is 5.41. The highest BCUT2D eigenvalue weighted by Gasteiger charge is 2.15. The average Bonchev–Trinajstić information content (AvgIpc) is 2.67. The van der Waals surface area contributed by atoms with Gasteiger partial charge in [-0.25, -0.2) is 0 Å². The summed E-state index contributed by atoms with van der Waals surface area (Å²) in [4.78, 5) is 24.5. The largest absolute Gasteiger partial charge is 0.497 e. The normalized spacial score (nSPS) is 9.93. The van der Waals surface area contributed by atoms with Crippen molar-refractivity contribution >= 4 is 23.2 Å². The summed E-state index contributed by atoms with van der Waals surface area (Å²) < 4.78 is 20.7. The predicted molar refractivity (Wildman–Crippen MR) is 101 cm³/mol. The molecule has 0 aliphatic heterocycles. The van der Waals surface area contributed by atoms with Crippen LogP contribution >= 0.6 is 0 Å². The molecule has 0 saturated carbocycles. The van der Waals surface area contributed by atoms with Crippen LogP contribution in [0.25, 0.3) is 0 Å². The van der Waals surface area contributed by atoms with Crippen LogP contribution in [0.3, 0.4) is 0 Å². The molecular formula is C19H22N2O6. The van der Waals surface area contributed by atoms with Gasteiger partial charge in [-0.1, -0.05) is 0 Å². The van der Waals surface area contributed by atoms with E-state index < -0.39 is 11.8 Å². The van der Waals surface area contributed by atoms with Crippen LogP contribution in [0.15, 0.2) is 36.4 Å². The topological polar surface area (TPSA) is 95.1 Å². The molecule has 0 aliphatic carbocycles. The van der Waals surface area contributed by atoms with Gasteiger partial charge in [0.25, 0.3) is 0 Å². The highest BCUT2D eigenvalue weighted by Crippen LogP contribution is 2.30. The summed E-state index contributed by atoms with van der Waals surface area (Å²) in [5.74, 6) is 1.02. The van der Waals surface area contributed by atoms with Crippen molar-refractivity contribution in [2.24, 2.45) is 0 Å². The Morgan fingerprint density at radius 2 is 1.11 bits per heavy atom. The van der Waals surface area contributed by atoms with E-state index >= 15 is 0 Å².